The van der Waals surface area contributed by atoms with Gasteiger partial charge in [-0.3, -0.25) is 9.78 Å². The van der Waals surface area contributed by atoms with Crippen LogP contribution in [0.5, 0.6) is 0 Å². The van der Waals surface area contributed by atoms with Crippen LogP contribution in [0.25, 0.3) is 0 Å². The second-order valence-electron chi connectivity index (χ2n) is 5.92. The van der Waals surface area contributed by atoms with Gasteiger partial charge in [0.1, 0.15) is 5.78 Å². The minimum absolute atomic E-state index is 0.237. The van der Waals surface area contributed by atoms with Crippen LogP contribution in [-0.4, -0.2) is 10.8 Å². The number of Topliss-reactive ketones (excluding diaryl/α,β-unsaturated/α-hetero) is 1. The van der Waals surface area contributed by atoms with Gasteiger partial charge in [0.2, 0.25) is 0 Å². The molecule has 2 nitrogen and oxygen atoms in total. The number of benzene rings is 1. The van der Waals surface area contributed by atoms with Gasteiger partial charge in [0, 0.05) is 24.2 Å². The number of pyridine rings is 1. The molecule has 2 aromatic rings. The van der Waals surface area contributed by atoms with Gasteiger partial charge in [-0.2, -0.15) is 0 Å². The lowest BCUT2D eigenvalue weighted by Crippen LogP contribution is -2.08. The molecule has 0 N–H and O–H groups in total. The van der Waals surface area contributed by atoms with Crippen molar-refractivity contribution in [2.75, 3.05) is 0 Å². The summed E-state index contributed by atoms with van der Waals surface area (Å²) in [7, 11) is 0. The summed E-state index contributed by atoms with van der Waals surface area (Å²) in [4.78, 5) is 16.8. The van der Waals surface area contributed by atoms with E-state index in [2.05, 4.69) is 29.2 Å². The standard InChI is InChI=1S/C18H17NO/c20-16(11-13-6-3-4-10-19-13)18-15-9-8-12-5-1-2-7-14(12)17(15)18/h1-7,10,15,17-18H,8-9,11H2. The largest absolute Gasteiger partial charge is 0.299 e. The molecule has 2 heteroatoms. The Morgan fingerprint density at radius 1 is 1.15 bits per heavy atom. The average Bonchev–Trinajstić information content (AvgIpc) is 3.23. The normalized spacial score (nSPS) is 26.5. The molecule has 20 heavy (non-hydrogen) atoms. The molecular formula is C18H17NO. The SMILES string of the molecule is O=C(Cc1ccccn1)C1C2CCc3ccccc3C21. The Bertz CT molecular complexity index is 649. The summed E-state index contributed by atoms with van der Waals surface area (Å²) < 4.78 is 0. The van der Waals surface area contributed by atoms with Crippen LogP contribution in [-0.2, 0) is 17.6 Å². The van der Waals surface area contributed by atoms with Gasteiger partial charge in [-0.15, -0.1) is 0 Å². The van der Waals surface area contributed by atoms with Gasteiger partial charge < -0.3 is 0 Å². The third-order valence-electron chi connectivity index (χ3n) is 4.78. The van der Waals surface area contributed by atoms with Gasteiger partial charge in [-0.25, -0.2) is 0 Å². The summed E-state index contributed by atoms with van der Waals surface area (Å²) in [5.74, 6) is 1.67. The van der Waals surface area contributed by atoms with Gasteiger partial charge in [0.25, 0.3) is 0 Å². The maximum absolute atomic E-state index is 12.5. The predicted octanol–water partition coefficient (Wildman–Crippen LogP) is 3.17. The highest BCUT2D eigenvalue weighted by Crippen LogP contribution is 2.60. The molecule has 4 rings (SSSR count). The Hall–Kier alpha value is -1.96. The molecule has 0 radical (unpaired) electrons. The van der Waals surface area contributed by atoms with E-state index in [-0.39, 0.29) is 5.92 Å². The van der Waals surface area contributed by atoms with Crippen molar-refractivity contribution in [3.05, 3.63) is 65.5 Å². The van der Waals surface area contributed by atoms with E-state index in [1.54, 1.807) is 6.20 Å². The molecular weight excluding hydrogens is 246 g/mol. The van der Waals surface area contributed by atoms with Crippen LogP contribution in [0.4, 0.5) is 0 Å². The molecule has 0 spiro atoms. The minimum Gasteiger partial charge on any atom is -0.299 e. The number of ketones is 1. The highest BCUT2D eigenvalue weighted by molar-refractivity contribution is 5.87. The van der Waals surface area contributed by atoms with E-state index in [4.69, 9.17) is 0 Å². The van der Waals surface area contributed by atoms with Gasteiger partial charge in [0.15, 0.2) is 0 Å². The van der Waals surface area contributed by atoms with Crippen molar-refractivity contribution in [2.24, 2.45) is 11.8 Å². The van der Waals surface area contributed by atoms with E-state index in [0.29, 0.717) is 24.0 Å². The van der Waals surface area contributed by atoms with Crippen LogP contribution in [0.1, 0.15) is 29.2 Å². The van der Waals surface area contributed by atoms with Crippen LogP contribution < -0.4 is 0 Å². The first-order valence-electron chi connectivity index (χ1n) is 7.35. The number of hydrogen-bond acceptors (Lipinski definition) is 2. The fourth-order valence-electron chi connectivity index (χ4n) is 3.80. The van der Waals surface area contributed by atoms with Crippen LogP contribution in [0.2, 0.25) is 0 Å². The quantitative estimate of drug-likeness (QED) is 0.851. The van der Waals surface area contributed by atoms with Crippen LogP contribution in [0.15, 0.2) is 48.7 Å². The van der Waals surface area contributed by atoms with E-state index >= 15 is 0 Å². The van der Waals surface area contributed by atoms with Crippen LogP contribution >= 0.6 is 0 Å². The maximum Gasteiger partial charge on any atom is 0.142 e. The van der Waals surface area contributed by atoms with Gasteiger partial charge >= 0.3 is 0 Å². The van der Waals surface area contributed by atoms with Crippen LogP contribution in [0.3, 0.4) is 0 Å². The van der Waals surface area contributed by atoms with Crippen molar-refractivity contribution in [2.45, 2.75) is 25.2 Å². The Balaban J connectivity index is 1.54. The first kappa shape index (κ1) is 11.8. The van der Waals surface area contributed by atoms with Crippen molar-refractivity contribution in [1.29, 1.82) is 0 Å². The molecule has 100 valence electrons. The highest BCUT2D eigenvalue weighted by Gasteiger charge is 2.56. The van der Waals surface area contributed by atoms with Gasteiger partial charge in [-0.05, 0) is 47.9 Å². The second kappa shape index (κ2) is 4.55. The number of aryl methyl sites for hydroxylation is 1. The zero-order valence-electron chi connectivity index (χ0n) is 11.3. The number of rotatable bonds is 3. The number of carbonyl (C=O) groups is 1. The third kappa shape index (κ3) is 1.87. The average molecular weight is 263 g/mol. The molecule has 0 bridgehead atoms. The minimum atomic E-state index is 0.237. The lowest BCUT2D eigenvalue weighted by molar-refractivity contribution is -0.120. The smallest absolute Gasteiger partial charge is 0.142 e. The number of nitrogens with zero attached hydrogens (tertiary/aromatic N) is 1. The summed E-state index contributed by atoms with van der Waals surface area (Å²) in [6, 6.07) is 14.4. The number of hydrogen-bond donors (Lipinski definition) is 0. The molecule has 2 aliphatic rings. The molecule has 1 fully saturated rings. The lowest BCUT2D eigenvalue weighted by Gasteiger charge is -2.13. The molecule has 3 unspecified atom stereocenters. The van der Waals surface area contributed by atoms with E-state index in [1.807, 2.05) is 18.2 Å². The zero-order chi connectivity index (χ0) is 13.5. The summed E-state index contributed by atoms with van der Waals surface area (Å²) in [6.07, 6.45) is 4.55. The molecule has 1 heterocycles. The first-order valence-corrected chi connectivity index (χ1v) is 7.35. The molecule has 0 saturated heterocycles. The third-order valence-corrected chi connectivity index (χ3v) is 4.78. The van der Waals surface area contributed by atoms with E-state index < -0.39 is 0 Å². The van der Waals surface area contributed by atoms with Crippen molar-refractivity contribution < 1.29 is 4.79 Å². The molecule has 1 saturated carbocycles. The highest BCUT2D eigenvalue weighted by atomic mass is 16.1. The van der Waals surface area contributed by atoms with Gasteiger partial charge in [-0.1, -0.05) is 30.3 Å². The molecule has 1 aromatic heterocycles. The molecule has 2 aliphatic carbocycles. The summed E-state index contributed by atoms with van der Waals surface area (Å²) in [5.41, 5.74) is 3.76. The fraction of sp³-hybridized carbons (Fsp3) is 0.333. The van der Waals surface area contributed by atoms with Crippen molar-refractivity contribution in [1.82, 2.24) is 4.98 Å². The maximum atomic E-state index is 12.5. The Kier molecular flexibility index (Phi) is 2.69. The Morgan fingerprint density at radius 2 is 2.00 bits per heavy atom. The molecule has 0 amide bonds. The van der Waals surface area contributed by atoms with E-state index in [9.17, 15) is 4.79 Å². The number of carbonyl (C=O) groups excluding carboxylic acids is 1. The van der Waals surface area contributed by atoms with E-state index in [1.165, 1.54) is 17.5 Å². The van der Waals surface area contributed by atoms with Crippen molar-refractivity contribution in [3.63, 3.8) is 0 Å². The Morgan fingerprint density at radius 3 is 2.85 bits per heavy atom. The first-order chi connectivity index (χ1) is 9.84. The monoisotopic (exact) mass is 263 g/mol. The topological polar surface area (TPSA) is 30.0 Å². The predicted molar refractivity (Wildman–Crippen MR) is 77.4 cm³/mol. The number of aromatic nitrogens is 1. The molecule has 3 atom stereocenters. The molecule has 0 aliphatic heterocycles. The summed E-state index contributed by atoms with van der Waals surface area (Å²) in [5, 5.41) is 0. The lowest BCUT2D eigenvalue weighted by atomic mass is 9.92. The number of fused-ring (bicyclic) bond motifs is 3. The van der Waals surface area contributed by atoms with Crippen molar-refractivity contribution in [3.8, 4) is 0 Å². The van der Waals surface area contributed by atoms with E-state index in [0.717, 1.165) is 12.1 Å². The van der Waals surface area contributed by atoms with Crippen LogP contribution in [0, 0.1) is 11.8 Å². The zero-order valence-corrected chi connectivity index (χ0v) is 11.3. The molecule has 1 aromatic carbocycles. The van der Waals surface area contributed by atoms with Gasteiger partial charge in [0.05, 0.1) is 0 Å². The summed E-state index contributed by atoms with van der Waals surface area (Å²) >= 11 is 0. The van der Waals surface area contributed by atoms with Crippen molar-refractivity contribution >= 4 is 5.78 Å². The second-order valence-corrected chi connectivity index (χ2v) is 5.92. The Labute approximate surface area is 118 Å². The fourth-order valence-corrected chi connectivity index (χ4v) is 3.80. The summed E-state index contributed by atoms with van der Waals surface area (Å²) in [6.45, 7) is 0.